The lowest BCUT2D eigenvalue weighted by atomic mass is 10.0. The number of ether oxygens (including phenoxy) is 3. The lowest BCUT2D eigenvalue weighted by Crippen LogP contribution is -2.07. The summed E-state index contributed by atoms with van der Waals surface area (Å²) in [5.74, 6) is 2.55. The second kappa shape index (κ2) is 46.1. The van der Waals surface area contributed by atoms with E-state index in [4.69, 9.17) is 14.2 Å². The standard InChI is InChI=1S/C56H105O3/c1-5-9-12-15-18-21-24-27-30-33-36-39-42-45-48-57-54-51-53(8-4)52-55(58-49-46-43-40-37-34-31-28-25-22-19-16-13-10-6-2)56(54)59-50-47-44-41-38-35-32-29-26-23-20-17-14-11-7-3/h51-52H,4-50H2,1-3H3. The van der Waals surface area contributed by atoms with E-state index in [9.17, 15) is 0 Å². The van der Waals surface area contributed by atoms with Gasteiger partial charge in [0, 0.05) is 0 Å². The van der Waals surface area contributed by atoms with Gasteiger partial charge < -0.3 is 14.2 Å². The predicted molar refractivity (Wildman–Crippen MR) is 263 cm³/mol. The minimum absolute atomic E-state index is 0.726. The van der Waals surface area contributed by atoms with Gasteiger partial charge in [-0.15, -0.1) is 0 Å². The lowest BCUT2D eigenvalue weighted by molar-refractivity contribution is 0.234. The molecule has 0 fully saturated rings. The molecule has 347 valence electrons. The van der Waals surface area contributed by atoms with Gasteiger partial charge in [-0.3, -0.25) is 0 Å². The number of hydrogen-bond donors (Lipinski definition) is 0. The first-order valence-electron chi connectivity index (χ1n) is 27.1. The van der Waals surface area contributed by atoms with Gasteiger partial charge in [0.25, 0.3) is 0 Å². The van der Waals surface area contributed by atoms with Gasteiger partial charge in [0.2, 0.25) is 5.75 Å². The molecule has 0 aliphatic carbocycles. The van der Waals surface area contributed by atoms with E-state index in [1.807, 2.05) is 0 Å². The van der Waals surface area contributed by atoms with Crippen LogP contribution in [-0.2, 0) is 6.42 Å². The Morgan fingerprint density at radius 1 is 0.288 bits per heavy atom. The van der Waals surface area contributed by atoms with Crippen molar-refractivity contribution in [2.45, 2.75) is 297 Å². The summed E-state index contributed by atoms with van der Waals surface area (Å²) >= 11 is 0. The second-order valence-electron chi connectivity index (χ2n) is 18.5. The Balaban J connectivity index is 2.44. The zero-order valence-electron chi connectivity index (χ0n) is 40.6. The van der Waals surface area contributed by atoms with Crippen LogP contribution < -0.4 is 14.2 Å². The maximum atomic E-state index is 6.55. The summed E-state index contributed by atoms with van der Waals surface area (Å²) < 4.78 is 19.5. The molecule has 0 saturated carbocycles. The molecule has 0 unspecified atom stereocenters. The van der Waals surface area contributed by atoms with Crippen LogP contribution in [0.25, 0.3) is 0 Å². The topological polar surface area (TPSA) is 27.7 Å². The first-order valence-corrected chi connectivity index (χ1v) is 27.1. The molecule has 0 bridgehead atoms. The number of hydrogen-bond acceptors (Lipinski definition) is 3. The highest BCUT2D eigenvalue weighted by molar-refractivity contribution is 5.54. The maximum Gasteiger partial charge on any atom is 0.203 e. The van der Waals surface area contributed by atoms with E-state index in [1.54, 1.807) is 0 Å². The molecule has 0 aliphatic heterocycles. The third-order valence-corrected chi connectivity index (χ3v) is 12.6. The molecule has 0 atom stereocenters. The van der Waals surface area contributed by atoms with Gasteiger partial charge in [-0.05, 0) is 50.3 Å². The molecule has 0 heterocycles. The fraction of sp³-hybridized carbons (Fsp3) is 0.875. The molecule has 0 aliphatic rings. The van der Waals surface area contributed by atoms with Gasteiger partial charge in [0.15, 0.2) is 11.5 Å². The minimum Gasteiger partial charge on any atom is -0.490 e. The molecule has 0 spiro atoms. The van der Waals surface area contributed by atoms with Gasteiger partial charge in [-0.1, -0.05) is 271 Å². The summed E-state index contributed by atoms with van der Waals surface area (Å²) in [6, 6.07) is 4.33. The average Bonchev–Trinajstić information content (AvgIpc) is 3.25. The third kappa shape index (κ3) is 36.9. The molecule has 3 heteroatoms. The first kappa shape index (κ1) is 55.6. The van der Waals surface area contributed by atoms with Crippen LogP contribution in [-0.4, -0.2) is 19.8 Å². The number of rotatable bonds is 49. The summed E-state index contributed by atoms with van der Waals surface area (Å²) in [5, 5.41) is 0. The van der Waals surface area contributed by atoms with Crippen molar-refractivity contribution in [3.8, 4) is 17.2 Å². The largest absolute Gasteiger partial charge is 0.490 e. The van der Waals surface area contributed by atoms with Crippen LogP contribution in [0.15, 0.2) is 12.1 Å². The van der Waals surface area contributed by atoms with E-state index >= 15 is 0 Å². The van der Waals surface area contributed by atoms with Crippen molar-refractivity contribution in [2.75, 3.05) is 19.8 Å². The normalized spacial score (nSPS) is 11.5. The molecule has 3 nitrogen and oxygen atoms in total. The lowest BCUT2D eigenvalue weighted by Gasteiger charge is -2.19. The summed E-state index contributed by atoms with van der Waals surface area (Å²) in [7, 11) is 0. The van der Waals surface area contributed by atoms with E-state index in [2.05, 4.69) is 39.8 Å². The molecule has 1 radical (unpaired) electrons. The molecule has 0 amide bonds. The SMILES string of the molecule is [CH2]Cc1cc(OCCCCCCCCCCCCCCCC)c(OCCCCCCCCCCCCCCCC)c(OCCCCCCCCCCCCCCCC)c1. The molecular weight excluding hydrogens is 721 g/mol. The molecule has 0 N–H and O–H groups in total. The smallest absolute Gasteiger partial charge is 0.203 e. The van der Waals surface area contributed by atoms with Crippen molar-refractivity contribution in [1.82, 2.24) is 0 Å². The van der Waals surface area contributed by atoms with E-state index in [0.29, 0.717) is 0 Å². The molecule has 0 saturated heterocycles. The Morgan fingerprint density at radius 3 is 0.712 bits per heavy atom. The fourth-order valence-electron chi connectivity index (χ4n) is 8.56. The Kier molecular flexibility index (Phi) is 43.5. The Labute approximate surface area is 371 Å². The molecule has 1 aromatic carbocycles. The van der Waals surface area contributed by atoms with Crippen molar-refractivity contribution in [3.05, 3.63) is 24.6 Å². The highest BCUT2D eigenvalue weighted by atomic mass is 16.5. The van der Waals surface area contributed by atoms with E-state index < -0.39 is 0 Å². The minimum atomic E-state index is 0.726. The van der Waals surface area contributed by atoms with Gasteiger partial charge >= 0.3 is 0 Å². The van der Waals surface area contributed by atoms with Gasteiger partial charge in [0.1, 0.15) is 0 Å². The van der Waals surface area contributed by atoms with Crippen molar-refractivity contribution in [3.63, 3.8) is 0 Å². The molecule has 59 heavy (non-hydrogen) atoms. The zero-order chi connectivity index (χ0) is 42.4. The summed E-state index contributed by atoms with van der Waals surface area (Å²) in [6.45, 7) is 13.3. The van der Waals surface area contributed by atoms with Crippen LogP contribution in [0.4, 0.5) is 0 Å². The molecule has 1 aromatic rings. The van der Waals surface area contributed by atoms with Crippen LogP contribution in [0.1, 0.15) is 296 Å². The summed E-state index contributed by atoms with van der Waals surface area (Å²) in [4.78, 5) is 0. The zero-order valence-corrected chi connectivity index (χ0v) is 40.6. The number of unbranched alkanes of at least 4 members (excludes halogenated alkanes) is 39. The quantitative estimate of drug-likeness (QED) is 0.0613. The Morgan fingerprint density at radius 2 is 0.492 bits per heavy atom. The number of benzene rings is 1. The van der Waals surface area contributed by atoms with E-state index in [0.717, 1.165) is 62.8 Å². The van der Waals surface area contributed by atoms with Crippen LogP contribution in [0, 0.1) is 6.92 Å². The van der Waals surface area contributed by atoms with E-state index in [1.165, 1.54) is 256 Å². The monoisotopic (exact) mass is 826 g/mol. The average molecular weight is 826 g/mol. The fourth-order valence-corrected chi connectivity index (χ4v) is 8.56. The third-order valence-electron chi connectivity index (χ3n) is 12.6. The Bertz CT molecular complexity index is 903. The Hall–Kier alpha value is -1.38. The summed E-state index contributed by atoms with van der Waals surface area (Å²) in [6.07, 6.45) is 58.2. The van der Waals surface area contributed by atoms with Crippen LogP contribution >= 0.6 is 0 Å². The van der Waals surface area contributed by atoms with Crippen LogP contribution in [0.2, 0.25) is 0 Å². The van der Waals surface area contributed by atoms with Gasteiger partial charge in [-0.25, -0.2) is 0 Å². The first-order chi connectivity index (χ1) is 29.3. The van der Waals surface area contributed by atoms with Crippen LogP contribution in [0.3, 0.4) is 0 Å². The van der Waals surface area contributed by atoms with Crippen LogP contribution in [0.5, 0.6) is 17.2 Å². The van der Waals surface area contributed by atoms with Crippen molar-refractivity contribution >= 4 is 0 Å². The highest BCUT2D eigenvalue weighted by Gasteiger charge is 2.16. The molecule has 1 rings (SSSR count). The van der Waals surface area contributed by atoms with Gasteiger partial charge in [-0.2, -0.15) is 0 Å². The summed E-state index contributed by atoms with van der Waals surface area (Å²) in [5.41, 5.74) is 1.17. The van der Waals surface area contributed by atoms with Crippen molar-refractivity contribution in [1.29, 1.82) is 0 Å². The molecular formula is C56H105O3. The highest BCUT2D eigenvalue weighted by Crippen LogP contribution is 2.40. The van der Waals surface area contributed by atoms with Crippen molar-refractivity contribution < 1.29 is 14.2 Å². The van der Waals surface area contributed by atoms with Gasteiger partial charge in [0.05, 0.1) is 19.8 Å². The maximum absolute atomic E-state index is 6.55. The van der Waals surface area contributed by atoms with E-state index in [-0.39, 0.29) is 0 Å². The van der Waals surface area contributed by atoms with Crippen molar-refractivity contribution in [2.24, 2.45) is 0 Å². The molecule has 0 aromatic heterocycles. The second-order valence-corrected chi connectivity index (χ2v) is 18.5. The predicted octanol–water partition coefficient (Wildman–Crippen LogP) is 19.6.